The van der Waals surface area contributed by atoms with E-state index in [1.54, 1.807) is 4.57 Å². The van der Waals surface area contributed by atoms with Crippen LogP contribution in [0.5, 0.6) is 5.75 Å². The number of carboxylic acid groups (broad SMARTS) is 1. The average Bonchev–Trinajstić information content (AvgIpc) is 3.15. The molecule has 1 unspecified atom stereocenters. The number of likely N-dealkylation sites (N-methyl/N-ethyl adjacent to an activating group) is 1. The summed E-state index contributed by atoms with van der Waals surface area (Å²) >= 11 is 10.6. The summed E-state index contributed by atoms with van der Waals surface area (Å²) in [6.45, 7) is 1.48. The molecule has 0 aliphatic carbocycles. The fraction of sp³-hybridized carbons (Fsp3) is 0.348. The van der Waals surface area contributed by atoms with Crippen molar-refractivity contribution in [2.24, 2.45) is 0 Å². The van der Waals surface area contributed by atoms with E-state index in [4.69, 9.17) is 29.2 Å². The van der Waals surface area contributed by atoms with Crippen molar-refractivity contribution >= 4 is 41.8 Å². The Labute approximate surface area is 226 Å². The summed E-state index contributed by atoms with van der Waals surface area (Å²) in [5.74, 6) is -0.290. The van der Waals surface area contributed by atoms with E-state index < -0.39 is 5.97 Å². The van der Waals surface area contributed by atoms with E-state index in [1.165, 1.54) is 0 Å². The second-order valence-electron chi connectivity index (χ2n) is 8.39. The summed E-state index contributed by atoms with van der Waals surface area (Å²) in [4.78, 5) is 15.3. The number of H-pyrrole nitrogens is 2. The predicted molar refractivity (Wildman–Crippen MR) is 135 cm³/mol. The Balaban J connectivity index is 0.00000342. The minimum Gasteiger partial charge on any atom is -0.550 e. The van der Waals surface area contributed by atoms with Crippen LogP contribution < -0.4 is 38.9 Å². The number of hydrogen-bond acceptors (Lipinski definition) is 8. The Morgan fingerprint density at radius 1 is 1.20 bits per heavy atom. The first-order valence-electron chi connectivity index (χ1n) is 10.9. The summed E-state index contributed by atoms with van der Waals surface area (Å²) in [7, 11) is 4.08. The zero-order chi connectivity index (χ0) is 24.2. The van der Waals surface area contributed by atoms with E-state index in [1.807, 2.05) is 56.6 Å². The first-order valence-corrected chi connectivity index (χ1v) is 11.7. The van der Waals surface area contributed by atoms with Gasteiger partial charge in [0.15, 0.2) is 16.3 Å². The van der Waals surface area contributed by atoms with Crippen molar-refractivity contribution in [1.29, 1.82) is 0 Å². The number of carbonyl (C=O) groups excluding carboxylic acids is 1. The summed E-state index contributed by atoms with van der Waals surface area (Å²) in [6, 6.07) is 14.0. The molecular formula is C23H27LiN6O3S2. The van der Waals surface area contributed by atoms with Crippen LogP contribution in [0.1, 0.15) is 12.0 Å². The third kappa shape index (κ3) is 6.57. The van der Waals surface area contributed by atoms with Crippen molar-refractivity contribution in [1.82, 2.24) is 19.7 Å². The van der Waals surface area contributed by atoms with Gasteiger partial charge in [-0.2, -0.15) is 0 Å². The van der Waals surface area contributed by atoms with E-state index in [-0.39, 0.29) is 38.1 Å². The molecule has 180 valence electrons. The molecule has 3 N–H and O–H groups in total. The predicted octanol–water partition coefficient (Wildman–Crippen LogP) is -0.522. The van der Waals surface area contributed by atoms with Crippen LogP contribution in [0.4, 0.5) is 11.4 Å². The van der Waals surface area contributed by atoms with Gasteiger partial charge in [0, 0.05) is 42.9 Å². The Morgan fingerprint density at radius 3 is 2.63 bits per heavy atom. The van der Waals surface area contributed by atoms with Crippen molar-refractivity contribution in [3.63, 3.8) is 0 Å². The van der Waals surface area contributed by atoms with Gasteiger partial charge in [-0.3, -0.25) is 14.8 Å². The smallest absolute Gasteiger partial charge is 0.550 e. The van der Waals surface area contributed by atoms with Crippen LogP contribution in [0, 0.1) is 9.54 Å². The minimum absolute atomic E-state index is 0. The maximum atomic E-state index is 11.0. The summed E-state index contributed by atoms with van der Waals surface area (Å²) in [5.41, 5.74) is 3.90. The van der Waals surface area contributed by atoms with E-state index >= 15 is 0 Å². The van der Waals surface area contributed by atoms with Gasteiger partial charge in [-0.25, -0.2) is 0 Å². The molecule has 2 heterocycles. The molecule has 1 aliphatic heterocycles. The Kier molecular flexibility index (Phi) is 9.21. The molecule has 0 spiro atoms. The summed E-state index contributed by atoms with van der Waals surface area (Å²) < 4.78 is 8.71. The fourth-order valence-corrected chi connectivity index (χ4v) is 4.64. The number of aromatic nitrogens is 3. The van der Waals surface area contributed by atoms with E-state index in [0.717, 1.165) is 41.3 Å². The zero-order valence-electron chi connectivity index (χ0n) is 20.0. The van der Waals surface area contributed by atoms with Gasteiger partial charge in [-0.1, -0.05) is 6.07 Å². The zero-order valence-corrected chi connectivity index (χ0v) is 21.7. The van der Waals surface area contributed by atoms with Crippen LogP contribution in [-0.2, 0) is 11.2 Å². The van der Waals surface area contributed by atoms with Gasteiger partial charge in [0.05, 0.1) is 5.69 Å². The number of nitrogens with one attached hydrogen (secondary N) is 3. The van der Waals surface area contributed by atoms with Gasteiger partial charge in [0.1, 0.15) is 5.75 Å². The number of ether oxygens (including phenoxy) is 1. The molecule has 0 fully saturated rings. The molecule has 9 nitrogen and oxygen atoms in total. The van der Waals surface area contributed by atoms with Crippen molar-refractivity contribution in [3.8, 4) is 11.4 Å². The van der Waals surface area contributed by atoms with Crippen molar-refractivity contribution < 1.29 is 33.5 Å². The third-order valence-corrected chi connectivity index (χ3v) is 6.47. The van der Waals surface area contributed by atoms with Gasteiger partial charge in [-0.05, 0) is 86.9 Å². The van der Waals surface area contributed by atoms with Crippen LogP contribution in [0.2, 0.25) is 0 Å². The number of fused-ring (bicyclic) bond motifs is 1. The summed E-state index contributed by atoms with van der Waals surface area (Å²) in [5, 5.41) is 19.9. The van der Waals surface area contributed by atoms with Crippen LogP contribution >= 0.6 is 24.4 Å². The molecule has 0 radical (unpaired) electrons. The number of aromatic amines is 2. The molecular weight excluding hydrogens is 479 g/mol. The number of rotatable bonds is 9. The van der Waals surface area contributed by atoms with Crippen LogP contribution in [0.25, 0.3) is 5.69 Å². The minimum atomic E-state index is -1.04. The molecule has 1 atom stereocenters. The maximum absolute atomic E-state index is 11.0. The van der Waals surface area contributed by atoms with Crippen LogP contribution in [0.15, 0.2) is 42.5 Å². The summed E-state index contributed by atoms with van der Waals surface area (Å²) in [6.07, 6.45) is 0.869. The monoisotopic (exact) mass is 506 g/mol. The van der Waals surface area contributed by atoms with Gasteiger partial charge in [-0.15, -0.1) is 0 Å². The topological polar surface area (TPSA) is 104 Å². The molecule has 0 saturated heterocycles. The average molecular weight is 507 g/mol. The molecule has 0 bridgehead atoms. The maximum Gasteiger partial charge on any atom is 1.00 e. The molecule has 1 aromatic heterocycles. The van der Waals surface area contributed by atoms with Gasteiger partial charge >= 0.3 is 18.9 Å². The number of hydrogen-bond donors (Lipinski definition) is 3. The second kappa shape index (κ2) is 11.9. The molecule has 0 amide bonds. The number of carboxylic acids is 1. The third-order valence-electron chi connectivity index (χ3n) is 5.90. The van der Waals surface area contributed by atoms with Gasteiger partial charge in [0.2, 0.25) is 0 Å². The number of carbonyl (C=O) groups is 1. The first kappa shape index (κ1) is 27.0. The number of benzene rings is 2. The molecule has 0 saturated carbocycles. The van der Waals surface area contributed by atoms with Gasteiger partial charge in [0.25, 0.3) is 0 Å². The van der Waals surface area contributed by atoms with E-state index in [9.17, 15) is 9.90 Å². The normalized spacial score (nSPS) is 14.8. The Hall–Kier alpha value is -2.55. The molecule has 35 heavy (non-hydrogen) atoms. The number of anilines is 2. The number of aliphatic carboxylic acids is 1. The standard InChI is InChI=1S/C23H28N6O3S2.Li/c1-27(2)18-10-15-11-19(6-7-20(15)28(13-18)9-8-21(30)31)32-14-24-16-4-3-5-17(12-16)29-22(33)25-26-23(29)34;/h3-7,11-12,18,24H,8-10,13-14H2,1-2H3,(H,25,33)(H,26,34)(H,30,31);/q;+1/p-1. The van der Waals surface area contributed by atoms with Gasteiger partial charge < -0.3 is 29.8 Å². The molecule has 2 aromatic carbocycles. The molecule has 3 aromatic rings. The quantitative estimate of drug-likeness (QED) is 0.202. The largest absolute Gasteiger partial charge is 1.00 e. The Morgan fingerprint density at radius 2 is 1.94 bits per heavy atom. The second-order valence-corrected chi connectivity index (χ2v) is 9.16. The SMILES string of the molecule is CN(C)C1Cc2cc(OCNc3cccc(-n4c(=S)[nH][nH]c4=S)c3)ccc2N(CCC(=O)[O-])C1.[Li+]. The fourth-order valence-electron chi connectivity index (χ4n) is 4.08. The van der Waals surface area contributed by atoms with Crippen molar-refractivity contribution in [3.05, 3.63) is 57.6 Å². The van der Waals surface area contributed by atoms with Crippen molar-refractivity contribution in [2.45, 2.75) is 18.9 Å². The van der Waals surface area contributed by atoms with Crippen LogP contribution in [-0.4, -0.2) is 65.6 Å². The molecule has 1 aliphatic rings. The number of nitrogens with zero attached hydrogens (tertiary/aromatic N) is 3. The Bertz CT molecular complexity index is 1260. The van der Waals surface area contributed by atoms with E-state index in [0.29, 0.717) is 16.1 Å². The molecule has 4 rings (SSSR count). The molecule has 12 heteroatoms. The first-order chi connectivity index (χ1) is 16.3. The van der Waals surface area contributed by atoms with Crippen molar-refractivity contribution in [2.75, 3.05) is 44.1 Å². The van der Waals surface area contributed by atoms with E-state index in [2.05, 4.69) is 25.3 Å². The van der Waals surface area contributed by atoms with Crippen LogP contribution in [0.3, 0.4) is 0 Å².